The van der Waals surface area contributed by atoms with E-state index in [0.717, 1.165) is 48.0 Å². The quantitative estimate of drug-likeness (QED) is 0.860. The third kappa shape index (κ3) is 3.35. The van der Waals surface area contributed by atoms with Gasteiger partial charge in [0.2, 0.25) is 0 Å². The van der Waals surface area contributed by atoms with Gasteiger partial charge in [0.05, 0.1) is 5.69 Å². The standard InChI is InChI=1S/C16H26N4O/c1-11-12(2)18-14-10-13(16(3,4)5)19-20(14)15(11)17-8-7-9-21-6/h10,17H,7-9H2,1-6H3. The van der Waals surface area contributed by atoms with Gasteiger partial charge in [-0.1, -0.05) is 20.8 Å². The number of aromatic nitrogens is 3. The van der Waals surface area contributed by atoms with E-state index in [1.165, 1.54) is 0 Å². The van der Waals surface area contributed by atoms with Crippen LogP contribution in [0.4, 0.5) is 5.82 Å². The molecule has 0 aliphatic carbocycles. The molecule has 2 heterocycles. The monoisotopic (exact) mass is 290 g/mol. The van der Waals surface area contributed by atoms with Crippen LogP contribution in [-0.4, -0.2) is 34.9 Å². The van der Waals surface area contributed by atoms with Crippen LogP contribution in [0, 0.1) is 13.8 Å². The highest BCUT2D eigenvalue weighted by molar-refractivity contribution is 5.56. The Hall–Kier alpha value is -1.62. The zero-order valence-corrected chi connectivity index (χ0v) is 13.9. The molecule has 0 fully saturated rings. The molecule has 0 saturated carbocycles. The molecule has 0 aliphatic heterocycles. The van der Waals surface area contributed by atoms with Gasteiger partial charge in [-0.15, -0.1) is 0 Å². The number of nitrogens with one attached hydrogen (secondary N) is 1. The maximum atomic E-state index is 5.10. The highest BCUT2D eigenvalue weighted by atomic mass is 16.5. The molecule has 116 valence electrons. The van der Waals surface area contributed by atoms with E-state index in [1.54, 1.807) is 7.11 Å². The molecular formula is C16H26N4O. The smallest absolute Gasteiger partial charge is 0.157 e. The van der Waals surface area contributed by atoms with Gasteiger partial charge in [-0.2, -0.15) is 9.61 Å². The fraction of sp³-hybridized carbons (Fsp3) is 0.625. The van der Waals surface area contributed by atoms with E-state index in [0.29, 0.717) is 0 Å². The minimum Gasteiger partial charge on any atom is -0.385 e. The predicted molar refractivity (Wildman–Crippen MR) is 86.1 cm³/mol. The van der Waals surface area contributed by atoms with Crippen LogP contribution in [0.1, 0.15) is 44.1 Å². The molecule has 2 rings (SSSR count). The van der Waals surface area contributed by atoms with E-state index in [4.69, 9.17) is 9.84 Å². The van der Waals surface area contributed by atoms with Crippen LogP contribution < -0.4 is 5.32 Å². The molecule has 0 aromatic carbocycles. The molecular weight excluding hydrogens is 264 g/mol. The lowest BCUT2D eigenvalue weighted by atomic mass is 9.93. The van der Waals surface area contributed by atoms with Gasteiger partial charge in [-0.05, 0) is 20.3 Å². The Kier molecular flexibility index (Phi) is 4.52. The fourth-order valence-corrected chi connectivity index (χ4v) is 2.20. The van der Waals surface area contributed by atoms with Crippen LogP contribution >= 0.6 is 0 Å². The van der Waals surface area contributed by atoms with E-state index in [-0.39, 0.29) is 5.41 Å². The van der Waals surface area contributed by atoms with E-state index in [9.17, 15) is 0 Å². The van der Waals surface area contributed by atoms with Gasteiger partial charge in [-0.3, -0.25) is 0 Å². The Bertz CT molecular complexity index is 625. The molecule has 2 aromatic heterocycles. The molecule has 1 N–H and O–H groups in total. The SMILES string of the molecule is COCCCNc1c(C)c(C)nc2cc(C(C)(C)C)nn12. The average Bonchev–Trinajstić information content (AvgIpc) is 2.82. The molecule has 0 unspecified atom stereocenters. The van der Waals surface area contributed by atoms with Crippen LogP contribution in [0.3, 0.4) is 0 Å². The first kappa shape index (κ1) is 15.8. The Morgan fingerprint density at radius 2 is 2.00 bits per heavy atom. The lowest BCUT2D eigenvalue weighted by molar-refractivity contribution is 0.197. The summed E-state index contributed by atoms with van der Waals surface area (Å²) < 4.78 is 7.02. The van der Waals surface area contributed by atoms with Crippen molar-refractivity contribution in [3.05, 3.63) is 23.0 Å². The topological polar surface area (TPSA) is 51.5 Å². The zero-order chi connectivity index (χ0) is 15.6. The normalized spacial score (nSPS) is 12.1. The van der Waals surface area contributed by atoms with E-state index in [2.05, 4.69) is 44.1 Å². The van der Waals surface area contributed by atoms with Crippen molar-refractivity contribution in [2.75, 3.05) is 25.6 Å². The lowest BCUT2D eigenvalue weighted by Gasteiger charge is -2.14. The summed E-state index contributed by atoms with van der Waals surface area (Å²) in [4.78, 5) is 4.65. The number of anilines is 1. The van der Waals surface area contributed by atoms with Gasteiger partial charge in [-0.25, -0.2) is 4.98 Å². The number of ether oxygens (including phenoxy) is 1. The van der Waals surface area contributed by atoms with Crippen molar-refractivity contribution in [2.24, 2.45) is 0 Å². The summed E-state index contributed by atoms with van der Waals surface area (Å²) in [5, 5.41) is 8.22. The third-order valence-corrected chi connectivity index (χ3v) is 3.67. The Morgan fingerprint density at radius 1 is 1.29 bits per heavy atom. The van der Waals surface area contributed by atoms with Crippen LogP contribution in [-0.2, 0) is 10.2 Å². The molecule has 2 aromatic rings. The summed E-state index contributed by atoms with van der Waals surface area (Å²) in [7, 11) is 1.73. The van der Waals surface area contributed by atoms with Crippen molar-refractivity contribution in [3.8, 4) is 0 Å². The van der Waals surface area contributed by atoms with Gasteiger partial charge >= 0.3 is 0 Å². The molecule has 0 amide bonds. The maximum absolute atomic E-state index is 5.10. The second-order valence-corrected chi connectivity index (χ2v) is 6.49. The molecule has 5 heteroatoms. The van der Waals surface area contributed by atoms with Crippen LogP contribution in [0.5, 0.6) is 0 Å². The lowest BCUT2D eigenvalue weighted by Crippen LogP contribution is -2.14. The van der Waals surface area contributed by atoms with Gasteiger partial charge < -0.3 is 10.1 Å². The fourth-order valence-electron chi connectivity index (χ4n) is 2.20. The van der Waals surface area contributed by atoms with Crippen molar-refractivity contribution in [1.82, 2.24) is 14.6 Å². The molecule has 0 radical (unpaired) electrons. The minimum absolute atomic E-state index is 0.0167. The number of rotatable bonds is 5. The first-order valence-corrected chi connectivity index (χ1v) is 7.45. The molecule has 21 heavy (non-hydrogen) atoms. The number of aryl methyl sites for hydroxylation is 1. The predicted octanol–water partition coefficient (Wildman–Crippen LogP) is 3.09. The molecule has 0 atom stereocenters. The Labute approximate surface area is 126 Å². The number of fused-ring (bicyclic) bond motifs is 1. The summed E-state index contributed by atoms with van der Waals surface area (Å²) in [5.41, 5.74) is 4.15. The van der Waals surface area contributed by atoms with Crippen LogP contribution in [0.15, 0.2) is 6.07 Å². The summed E-state index contributed by atoms with van der Waals surface area (Å²) in [6, 6.07) is 2.08. The summed E-state index contributed by atoms with van der Waals surface area (Å²) >= 11 is 0. The number of hydrogen-bond acceptors (Lipinski definition) is 4. The van der Waals surface area contributed by atoms with Crippen molar-refractivity contribution in [2.45, 2.75) is 46.5 Å². The van der Waals surface area contributed by atoms with Crippen molar-refractivity contribution in [3.63, 3.8) is 0 Å². The van der Waals surface area contributed by atoms with Crippen molar-refractivity contribution < 1.29 is 4.74 Å². The largest absolute Gasteiger partial charge is 0.385 e. The maximum Gasteiger partial charge on any atom is 0.157 e. The first-order valence-electron chi connectivity index (χ1n) is 7.45. The molecule has 0 aliphatic rings. The van der Waals surface area contributed by atoms with Crippen LogP contribution in [0.2, 0.25) is 0 Å². The second-order valence-electron chi connectivity index (χ2n) is 6.49. The zero-order valence-electron chi connectivity index (χ0n) is 13.9. The highest BCUT2D eigenvalue weighted by Gasteiger charge is 2.20. The summed E-state index contributed by atoms with van der Waals surface area (Å²) in [6.07, 6.45) is 0.964. The number of methoxy groups -OCH3 is 1. The minimum atomic E-state index is 0.0167. The van der Waals surface area contributed by atoms with E-state index >= 15 is 0 Å². The Morgan fingerprint density at radius 3 is 2.62 bits per heavy atom. The van der Waals surface area contributed by atoms with E-state index < -0.39 is 0 Å². The molecule has 0 bridgehead atoms. The molecule has 5 nitrogen and oxygen atoms in total. The Balaban J connectivity index is 2.41. The summed E-state index contributed by atoms with van der Waals surface area (Å²) in [5.74, 6) is 1.03. The third-order valence-electron chi connectivity index (χ3n) is 3.67. The average molecular weight is 290 g/mol. The van der Waals surface area contributed by atoms with E-state index in [1.807, 2.05) is 11.4 Å². The van der Waals surface area contributed by atoms with Crippen molar-refractivity contribution in [1.29, 1.82) is 0 Å². The second kappa shape index (κ2) is 6.02. The van der Waals surface area contributed by atoms with Gasteiger partial charge in [0.25, 0.3) is 0 Å². The number of hydrogen-bond donors (Lipinski definition) is 1. The highest BCUT2D eigenvalue weighted by Crippen LogP contribution is 2.25. The molecule has 0 spiro atoms. The summed E-state index contributed by atoms with van der Waals surface area (Å²) in [6.45, 7) is 12.2. The van der Waals surface area contributed by atoms with Crippen molar-refractivity contribution >= 4 is 11.5 Å². The number of nitrogens with zero attached hydrogens (tertiary/aromatic N) is 3. The van der Waals surface area contributed by atoms with Gasteiger partial charge in [0.1, 0.15) is 5.82 Å². The van der Waals surface area contributed by atoms with Gasteiger partial charge in [0.15, 0.2) is 5.65 Å². The molecule has 0 saturated heterocycles. The van der Waals surface area contributed by atoms with Crippen LogP contribution in [0.25, 0.3) is 5.65 Å². The van der Waals surface area contributed by atoms with Gasteiger partial charge in [0, 0.05) is 43.0 Å². The first-order chi connectivity index (χ1) is 9.84.